The Morgan fingerprint density at radius 1 is 1.38 bits per heavy atom. The first-order chi connectivity index (χ1) is 9.88. The van der Waals surface area contributed by atoms with Crippen LogP contribution >= 0.6 is 0 Å². The van der Waals surface area contributed by atoms with Crippen molar-refractivity contribution in [3.8, 4) is 0 Å². The highest BCUT2D eigenvalue weighted by molar-refractivity contribution is 5.94. The predicted molar refractivity (Wildman–Crippen MR) is 81.6 cm³/mol. The zero-order chi connectivity index (χ0) is 16.0. The number of rotatable bonds is 7. The average Bonchev–Trinajstić information content (AvgIpc) is 2.88. The number of nitrogens with one attached hydrogen (secondary N) is 1. The van der Waals surface area contributed by atoms with Gasteiger partial charge in [-0.15, -0.1) is 0 Å². The molecule has 0 aliphatic carbocycles. The SMILES string of the molecule is CCC(CC)(CN)C(=O)Nc1ccn(CC(=O)N(C)C)n1. The minimum Gasteiger partial charge on any atom is -0.347 e. The van der Waals surface area contributed by atoms with Gasteiger partial charge in [0.25, 0.3) is 0 Å². The van der Waals surface area contributed by atoms with Crippen LogP contribution in [0.5, 0.6) is 0 Å². The Hall–Kier alpha value is -1.89. The maximum atomic E-state index is 12.4. The van der Waals surface area contributed by atoms with Crippen molar-refractivity contribution < 1.29 is 9.59 Å². The summed E-state index contributed by atoms with van der Waals surface area (Å²) in [6.45, 7) is 4.34. The summed E-state index contributed by atoms with van der Waals surface area (Å²) in [7, 11) is 3.37. The summed E-state index contributed by atoms with van der Waals surface area (Å²) < 4.78 is 1.50. The summed E-state index contributed by atoms with van der Waals surface area (Å²) in [6.07, 6.45) is 3.01. The van der Waals surface area contributed by atoms with Crippen LogP contribution in [0.2, 0.25) is 0 Å². The van der Waals surface area contributed by atoms with Crippen LogP contribution in [0, 0.1) is 5.41 Å². The molecule has 1 aromatic heterocycles. The fourth-order valence-electron chi connectivity index (χ4n) is 2.00. The number of nitrogens with two attached hydrogens (primary N) is 1. The number of hydrogen-bond donors (Lipinski definition) is 2. The maximum Gasteiger partial charge on any atom is 0.243 e. The molecule has 21 heavy (non-hydrogen) atoms. The van der Waals surface area contributed by atoms with E-state index in [1.165, 1.54) is 9.58 Å². The maximum absolute atomic E-state index is 12.4. The van der Waals surface area contributed by atoms with Crippen LogP contribution in [-0.2, 0) is 16.1 Å². The largest absolute Gasteiger partial charge is 0.347 e. The fourth-order valence-corrected chi connectivity index (χ4v) is 2.00. The molecule has 0 saturated carbocycles. The van der Waals surface area contributed by atoms with E-state index in [-0.39, 0.29) is 18.4 Å². The number of anilines is 1. The molecular formula is C14H25N5O2. The quantitative estimate of drug-likeness (QED) is 0.773. The van der Waals surface area contributed by atoms with Gasteiger partial charge in [-0.1, -0.05) is 13.8 Å². The number of likely N-dealkylation sites (N-methyl/N-ethyl adjacent to an activating group) is 1. The van der Waals surface area contributed by atoms with Crippen LogP contribution in [0.25, 0.3) is 0 Å². The molecule has 0 atom stereocenters. The van der Waals surface area contributed by atoms with Crippen molar-refractivity contribution in [2.75, 3.05) is 26.0 Å². The van der Waals surface area contributed by atoms with E-state index in [0.717, 1.165) is 0 Å². The van der Waals surface area contributed by atoms with Crippen molar-refractivity contribution in [1.29, 1.82) is 0 Å². The van der Waals surface area contributed by atoms with E-state index >= 15 is 0 Å². The molecule has 118 valence electrons. The molecule has 0 aliphatic heterocycles. The lowest BCUT2D eigenvalue weighted by Gasteiger charge is -2.27. The number of carbonyl (C=O) groups is 2. The van der Waals surface area contributed by atoms with E-state index in [4.69, 9.17) is 5.73 Å². The summed E-state index contributed by atoms with van der Waals surface area (Å²) in [6, 6.07) is 1.67. The van der Waals surface area contributed by atoms with Crippen molar-refractivity contribution in [2.24, 2.45) is 11.1 Å². The molecule has 7 nitrogen and oxygen atoms in total. The molecule has 1 heterocycles. The zero-order valence-corrected chi connectivity index (χ0v) is 13.2. The van der Waals surface area contributed by atoms with Gasteiger partial charge < -0.3 is 16.0 Å². The van der Waals surface area contributed by atoms with Gasteiger partial charge in [0.1, 0.15) is 6.54 Å². The molecule has 0 unspecified atom stereocenters. The molecule has 2 amide bonds. The van der Waals surface area contributed by atoms with Gasteiger partial charge in [-0.2, -0.15) is 5.10 Å². The third-order valence-corrected chi connectivity index (χ3v) is 3.90. The first-order valence-corrected chi connectivity index (χ1v) is 7.13. The highest BCUT2D eigenvalue weighted by Crippen LogP contribution is 2.26. The molecular weight excluding hydrogens is 270 g/mol. The predicted octanol–water partition coefficient (Wildman–Crippen LogP) is 0.675. The van der Waals surface area contributed by atoms with Crippen molar-refractivity contribution >= 4 is 17.6 Å². The van der Waals surface area contributed by atoms with Crippen LogP contribution in [0.4, 0.5) is 5.82 Å². The second kappa shape index (κ2) is 7.21. The smallest absolute Gasteiger partial charge is 0.243 e. The van der Waals surface area contributed by atoms with E-state index < -0.39 is 5.41 Å². The minimum absolute atomic E-state index is 0.0607. The van der Waals surface area contributed by atoms with Crippen molar-refractivity contribution in [1.82, 2.24) is 14.7 Å². The summed E-state index contributed by atoms with van der Waals surface area (Å²) in [5.74, 6) is 0.250. The Kier molecular flexibility index (Phi) is 5.90. The van der Waals surface area contributed by atoms with Gasteiger partial charge in [0.2, 0.25) is 11.8 Å². The van der Waals surface area contributed by atoms with E-state index in [0.29, 0.717) is 25.2 Å². The molecule has 0 radical (unpaired) electrons. The molecule has 7 heteroatoms. The summed E-state index contributed by atoms with van der Waals surface area (Å²) in [4.78, 5) is 25.4. The Morgan fingerprint density at radius 3 is 2.48 bits per heavy atom. The van der Waals surface area contributed by atoms with Crippen molar-refractivity contribution in [2.45, 2.75) is 33.2 Å². The van der Waals surface area contributed by atoms with Crippen molar-refractivity contribution in [3.05, 3.63) is 12.3 Å². The van der Waals surface area contributed by atoms with E-state index in [1.807, 2.05) is 13.8 Å². The molecule has 1 aromatic rings. The third-order valence-electron chi connectivity index (χ3n) is 3.90. The minimum atomic E-state index is -0.566. The summed E-state index contributed by atoms with van der Waals surface area (Å²) in [5.41, 5.74) is 5.18. The molecule has 1 rings (SSSR count). The fraction of sp³-hybridized carbons (Fsp3) is 0.643. The second-order valence-corrected chi connectivity index (χ2v) is 5.33. The first kappa shape index (κ1) is 17.2. The Morgan fingerprint density at radius 2 is 2.00 bits per heavy atom. The van der Waals surface area contributed by atoms with Crippen molar-refractivity contribution in [3.63, 3.8) is 0 Å². The number of carbonyl (C=O) groups excluding carboxylic acids is 2. The normalized spacial score (nSPS) is 11.3. The van der Waals surface area contributed by atoms with Crippen LogP contribution in [0.3, 0.4) is 0 Å². The third kappa shape index (κ3) is 4.04. The Bertz CT molecular complexity index is 483. The lowest BCUT2D eigenvalue weighted by atomic mass is 9.81. The van der Waals surface area contributed by atoms with E-state index in [1.54, 1.807) is 26.4 Å². The zero-order valence-electron chi connectivity index (χ0n) is 13.2. The molecule has 0 aromatic carbocycles. The lowest BCUT2D eigenvalue weighted by Crippen LogP contribution is -2.41. The Balaban J connectivity index is 2.74. The average molecular weight is 295 g/mol. The van der Waals surface area contributed by atoms with Gasteiger partial charge >= 0.3 is 0 Å². The highest BCUT2D eigenvalue weighted by Gasteiger charge is 2.33. The van der Waals surface area contributed by atoms with E-state index in [9.17, 15) is 9.59 Å². The molecule has 0 saturated heterocycles. The van der Waals surface area contributed by atoms with Gasteiger partial charge in [0, 0.05) is 32.9 Å². The molecule has 3 N–H and O–H groups in total. The monoisotopic (exact) mass is 295 g/mol. The number of hydrogen-bond acceptors (Lipinski definition) is 4. The van der Waals surface area contributed by atoms with Gasteiger partial charge in [0.15, 0.2) is 5.82 Å². The van der Waals surface area contributed by atoms with Crippen LogP contribution in [0.1, 0.15) is 26.7 Å². The highest BCUT2D eigenvalue weighted by atomic mass is 16.2. The van der Waals surface area contributed by atoms with E-state index in [2.05, 4.69) is 10.4 Å². The first-order valence-electron chi connectivity index (χ1n) is 7.13. The number of amides is 2. The summed E-state index contributed by atoms with van der Waals surface area (Å²) >= 11 is 0. The van der Waals surface area contributed by atoms with Crippen LogP contribution in [0.15, 0.2) is 12.3 Å². The van der Waals surface area contributed by atoms with Gasteiger partial charge in [-0.05, 0) is 12.8 Å². The van der Waals surface area contributed by atoms with Crippen LogP contribution < -0.4 is 11.1 Å². The molecule has 0 fully saturated rings. The topological polar surface area (TPSA) is 93.2 Å². The molecule has 0 aliphatic rings. The molecule has 0 bridgehead atoms. The number of nitrogens with zero attached hydrogens (tertiary/aromatic N) is 3. The van der Waals surface area contributed by atoms with Gasteiger partial charge in [-0.25, -0.2) is 0 Å². The van der Waals surface area contributed by atoms with Gasteiger partial charge in [-0.3, -0.25) is 14.3 Å². The summed E-state index contributed by atoms with van der Waals surface area (Å²) in [5, 5.41) is 6.97. The van der Waals surface area contributed by atoms with Crippen LogP contribution in [-0.4, -0.2) is 47.1 Å². The second-order valence-electron chi connectivity index (χ2n) is 5.33. The standard InChI is InChI=1S/C14H25N5O2/c1-5-14(6-2,10-15)13(21)16-11-7-8-19(17-11)9-12(20)18(3)4/h7-8H,5-6,9-10,15H2,1-4H3,(H,16,17,21). The van der Waals surface area contributed by atoms with Gasteiger partial charge in [0.05, 0.1) is 5.41 Å². The molecule has 0 spiro atoms. The number of aromatic nitrogens is 2. The Labute approximate surface area is 125 Å². The lowest BCUT2D eigenvalue weighted by molar-refractivity contribution is -0.129.